The first-order valence-electron chi connectivity index (χ1n) is 23.0. The van der Waals surface area contributed by atoms with Crippen LogP contribution < -0.4 is 5.73 Å². The number of nitrogens with two attached hydrogens (primary N) is 1. The van der Waals surface area contributed by atoms with E-state index in [1.54, 1.807) is 0 Å². The Balaban J connectivity index is 4.19. The van der Waals surface area contributed by atoms with Crippen molar-refractivity contribution in [1.82, 2.24) is 0 Å². The number of hydrogen-bond acceptors (Lipinski definition) is 8. The molecule has 3 unspecified atom stereocenters. The number of phosphoric ester groups is 1. The highest BCUT2D eigenvalue weighted by Crippen LogP contribution is 2.43. The first kappa shape index (κ1) is 55.2. The summed E-state index contributed by atoms with van der Waals surface area (Å²) in [5, 5.41) is 8.90. The fourth-order valence-corrected chi connectivity index (χ4v) is 7.16. The number of carboxylic acid groups (broad SMARTS) is 1. The summed E-state index contributed by atoms with van der Waals surface area (Å²) in [5.74, 6) is -1.78. The second-order valence-corrected chi connectivity index (χ2v) is 17.0. The molecule has 0 aliphatic heterocycles. The van der Waals surface area contributed by atoms with E-state index < -0.39 is 45.1 Å². The average molecular weight is 828 g/mol. The van der Waals surface area contributed by atoms with Gasteiger partial charge in [0, 0.05) is 13.0 Å². The van der Waals surface area contributed by atoms with Crippen molar-refractivity contribution in [1.29, 1.82) is 0 Å². The third-order valence-electron chi connectivity index (χ3n) is 9.93. The van der Waals surface area contributed by atoms with Gasteiger partial charge in [0.05, 0.1) is 19.8 Å². The van der Waals surface area contributed by atoms with Gasteiger partial charge in [0.25, 0.3) is 0 Å². The van der Waals surface area contributed by atoms with Gasteiger partial charge in [-0.25, -0.2) is 4.57 Å². The number of aliphatic carboxylic acids is 1. The molecule has 0 saturated carbocycles. The first-order chi connectivity index (χ1) is 27.7. The molecule has 0 aliphatic carbocycles. The van der Waals surface area contributed by atoms with Gasteiger partial charge in [0.15, 0.2) is 0 Å². The lowest BCUT2D eigenvalue weighted by Crippen LogP contribution is -2.34. The van der Waals surface area contributed by atoms with Crippen LogP contribution in [0.1, 0.15) is 206 Å². The summed E-state index contributed by atoms with van der Waals surface area (Å²) >= 11 is 0. The zero-order chi connectivity index (χ0) is 41.9. The summed E-state index contributed by atoms with van der Waals surface area (Å²) in [6, 6.07) is -1.47. The first-order valence-corrected chi connectivity index (χ1v) is 24.5. The number of carbonyl (C=O) groups excluding carboxylic acids is 1. The Morgan fingerprint density at radius 3 is 1.53 bits per heavy atom. The highest BCUT2D eigenvalue weighted by Gasteiger charge is 2.27. The molecule has 0 saturated heterocycles. The molecule has 11 heteroatoms. The second kappa shape index (κ2) is 42.3. The van der Waals surface area contributed by atoms with Crippen LogP contribution in [-0.4, -0.2) is 60.5 Å². The number of rotatable bonds is 44. The van der Waals surface area contributed by atoms with Gasteiger partial charge in [0.2, 0.25) is 0 Å². The molecule has 0 aromatic heterocycles. The number of carboxylic acids is 1. The maximum atomic E-state index is 12.7. The molecule has 0 spiro atoms. The van der Waals surface area contributed by atoms with Crippen LogP contribution in [0, 0.1) is 0 Å². The Morgan fingerprint density at radius 2 is 1.02 bits per heavy atom. The van der Waals surface area contributed by atoms with E-state index >= 15 is 0 Å². The minimum absolute atomic E-state index is 0.0105. The van der Waals surface area contributed by atoms with Crippen molar-refractivity contribution in [2.24, 2.45) is 5.73 Å². The molecule has 334 valence electrons. The monoisotopic (exact) mass is 828 g/mol. The van der Waals surface area contributed by atoms with Gasteiger partial charge in [-0.15, -0.1) is 0 Å². The minimum Gasteiger partial charge on any atom is -0.480 e. The standard InChI is InChI=1S/C46H86NO9P/c1-3-5-7-9-11-13-15-17-19-21-22-23-24-26-28-30-32-34-36-38-45(48)56-43(41-54-57(51,52)55-42-44(47)46(49)50)40-53-39-37-35-33-31-29-27-25-20-18-16-14-12-10-8-6-4-2/h6,8,12,14,18,20,43-44H,3-5,7,9-11,13,15-17,19,21-42,47H2,1-2H3,(H,49,50)(H,51,52)/b8-6-,14-12-,20-18-. The largest absolute Gasteiger partial charge is 0.480 e. The van der Waals surface area contributed by atoms with Crippen molar-refractivity contribution in [2.75, 3.05) is 26.4 Å². The van der Waals surface area contributed by atoms with Gasteiger partial charge >= 0.3 is 19.8 Å². The van der Waals surface area contributed by atoms with Gasteiger partial charge in [-0.1, -0.05) is 192 Å². The summed E-state index contributed by atoms with van der Waals surface area (Å²) < 4.78 is 33.4. The number of carbonyl (C=O) groups is 2. The average Bonchev–Trinajstić information content (AvgIpc) is 3.19. The Hall–Kier alpha value is -1.81. The van der Waals surface area contributed by atoms with Gasteiger partial charge < -0.3 is 25.2 Å². The second-order valence-electron chi connectivity index (χ2n) is 15.5. The topological polar surface area (TPSA) is 155 Å². The Labute approximate surface area is 348 Å². The molecule has 0 aromatic carbocycles. The summed E-state index contributed by atoms with van der Waals surface area (Å²) in [4.78, 5) is 33.6. The van der Waals surface area contributed by atoms with Crippen LogP contribution in [-0.2, 0) is 32.7 Å². The molecule has 10 nitrogen and oxygen atoms in total. The fraction of sp³-hybridized carbons (Fsp3) is 0.826. The van der Waals surface area contributed by atoms with Crippen molar-refractivity contribution in [3.8, 4) is 0 Å². The lowest BCUT2D eigenvalue weighted by molar-refractivity contribution is -0.154. The van der Waals surface area contributed by atoms with Crippen LogP contribution in [0.4, 0.5) is 0 Å². The molecule has 0 heterocycles. The van der Waals surface area contributed by atoms with E-state index in [1.807, 2.05) is 0 Å². The summed E-state index contributed by atoms with van der Waals surface area (Å²) in [6.07, 6.45) is 47.7. The van der Waals surface area contributed by atoms with E-state index in [4.69, 9.17) is 29.4 Å². The van der Waals surface area contributed by atoms with Crippen LogP contribution in [0.3, 0.4) is 0 Å². The van der Waals surface area contributed by atoms with Gasteiger partial charge in [-0.2, -0.15) is 0 Å². The zero-order valence-corrected chi connectivity index (χ0v) is 37.3. The van der Waals surface area contributed by atoms with Gasteiger partial charge in [-0.3, -0.25) is 18.6 Å². The van der Waals surface area contributed by atoms with Gasteiger partial charge in [0.1, 0.15) is 12.1 Å². The third kappa shape index (κ3) is 42.1. The lowest BCUT2D eigenvalue weighted by Gasteiger charge is -2.20. The van der Waals surface area contributed by atoms with E-state index in [9.17, 15) is 19.0 Å². The summed E-state index contributed by atoms with van der Waals surface area (Å²) in [5.41, 5.74) is 5.36. The maximum Gasteiger partial charge on any atom is 0.472 e. The molecule has 3 atom stereocenters. The quantitative estimate of drug-likeness (QED) is 0.0234. The van der Waals surface area contributed by atoms with Crippen LogP contribution in [0.2, 0.25) is 0 Å². The molecule has 0 radical (unpaired) electrons. The summed E-state index contributed by atoms with van der Waals surface area (Å²) in [7, 11) is -4.62. The predicted octanol–water partition coefficient (Wildman–Crippen LogP) is 12.9. The molecule has 0 rings (SSSR count). The lowest BCUT2D eigenvalue weighted by atomic mass is 10.0. The van der Waals surface area contributed by atoms with Crippen molar-refractivity contribution < 1.29 is 42.7 Å². The number of hydrogen-bond donors (Lipinski definition) is 3. The molecule has 0 bridgehead atoms. The number of ether oxygens (including phenoxy) is 2. The molecule has 0 fully saturated rings. The maximum absolute atomic E-state index is 12.7. The van der Waals surface area contributed by atoms with Crippen molar-refractivity contribution in [3.05, 3.63) is 36.5 Å². The number of unbranched alkanes of at least 4 members (excludes halogenated alkanes) is 24. The number of phosphoric acid groups is 1. The molecule has 4 N–H and O–H groups in total. The molecular formula is C46H86NO9P. The Kier molecular flexibility index (Phi) is 41.0. The van der Waals surface area contributed by atoms with E-state index in [-0.39, 0.29) is 13.0 Å². The van der Waals surface area contributed by atoms with E-state index in [0.29, 0.717) is 13.0 Å². The highest BCUT2D eigenvalue weighted by atomic mass is 31.2. The Bertz CT molecular complexity index is 1050. The van der Waals surface area contributed by atoms with Crippen molar-refractivity contribution >= 4 is 19.8 Å². The normalized spacial score (nSPS) is 14.2. The number of allylic oxidation sites excluding steroid dienone is 6. The SMILES string of the molecule is CC/C=C\C/C=C\C/C=C\CCCCCCCCOCC(COP(=O)(O)OCC(N)C(=O)O)OC(=O)CCCCCCCCCCCCCCCCCCCCC. The molecular weight excluding hydrogens is 741 g/mol. The van der Waals surface area contributed by atoms with Crippen molar-refractivity contribution in [3.63, 3.8) is 0 Å². The van der Waals surface area contributed by atoms with Crippen LogP contribution in [0.15, 0.2) is 36.5 Å². The number of esters is 1. The van der Waals surface area contributed by atoms with Crippen LogP contribution in [0.25, 0.3) is 0 Å². The highest BCUT2D eigenvalue weighted by molar-refractivity contribution is 7.47. The molecule has 0 aromatic rings. The zero-order valence-electron chi connectivity index (χ0n) is 36.4. The Morgan fingerprint density at radius 1 is 0.579 bits per heavy atom. The van der Waals surface area contributed by atoms with Crippen LogP contribution in [0.5, 0.6) is 0 Å². The predicted molar refractivity (Wildman–Crippen MR) is 235 cm³/mol. The molecule has 57 heavy (non-hydrogen) atoms. The van der Waals surface area contributed by atoms with Crippen LogP contribution >= 0.6 is 7.82 Å². The van der Waals surface area contributed by atoms with E-state index in [0.717, 1.165) is 57.8 Å². The molecule has 0 amide bonds. The molecule has 0 aliphatic rings. The van der Waals surface area contributed by atoms with E-state index in [2.05, 4.69) is 50.3 Å². The smallest absolute Gasteiger partial charge is 0.472 e. The van der Waals surface area contributed by atoms with Crippen molar-refractivity contribution in [2.45, 2.75) is 219 Å². The third-order valence-corrected chi connectivity index (χ3v) is 10.9. The fourth-order valence-electron chi connectivity index (χ4n) is 6.38. The minimum atomic E-state index is -4.62. The van der Waals surface area contributed by atoms with E-state index in [1.165, 1.54) is 122 Å². The van der Waals surface area contributed by atoms with Gasteiger partial charge in [-0.05, 0) is 44.9 Å². The summed E-state index contributed by atoms with van der Waals surface area (Å²) in [6.45, 7) is 3.77.